The van der Waals surface area contributed by atoms with Gasteiger partial charge in [-0.3, -0.25) is 0 Å². The van der Waals surface area contributed by atoms with Gasteiger partial charge in [0.05, 0.1) is 11.1 Å². The first-order valence-corrected chi connectivity index (χ1v) is 4.77. The van der Waals surface area contributed by atoms with E-state index >= 15 is 0 Å². The number of hydrogen-bond donors (Lipinski definition) is 0. The van der Waals surface area contributed by atoms with Crippen LogP contribution in [0.15, 0.2) is 23.2 Å². The molecule has 16 heavy (non-hydrogen) atoms. The number of rotatable bonds is 3. The predicted octanol–water partition coefficient (Wildman–Crippen LogP) is 3.09. The normalized spacial score (nSPS) is 17.0. The minimum atomic E-state index is -2.91. The third kappa shape index (κ3) is 1.63. The lowest BCUT2D eigenvalue weighted by molar-refractivity contribution is 0.144. The lowest BCUT2D eigenvalue weighted by Crippen LogP contribution is -2.09. The number of aliphatic imine (C=N–C) groups is 1. The van der Waals surface area contributed by atoms with Crippen LogP contribution in [0.2, 0.25) is 0 Å². The Kier molecular flexibility index (Phi) is 2.56. The van der Waals surface area contributed by atoms with E-state index in [1.807, 2.05) is 0 Å². The number of hydrogen-bond acceptors (Lipinski definition) is 2. The van der Waals surface area contributed by atoms with Crippen molar-refractivity contribution in [2.24, 2.45) is 4.99 Å². The average molecular weight is 227 g/mol. The third-order valence-corrected chi connectivity index (χ3v) is 2.76. The fourth-order valence-corrected chi connectivity index (χ4v) is 1.81. The molecule has 1 aromatic rings. The first kappa shape index (κ1) is 10.9. The molecule has 2 nitrogen and oxygen atoms in total. The number of benzene rings is 1. The molecule has 84 valence electrons. The van der Waals surface area contributed by atoms with Gasteiger partial charge in [-0.25, -0.2) is 18.0 Å². The van der Waals surface area contributed by atoms with Crippen molar-refractivity contribution in [1.29, 1.82) is 0 Å². The van der Waals surface area contributed by atoms with E-state index in [2.05, 4.69) is 4.99 Å². The minimum Gasteiger partial charge on any atom is -0.211 e. The third-order valence-electron chi connectivity index (χ3n) is 2.76. The fraction of sp³-hybridized carbons (Fsp3) is 0.364. The number of nitrogens with zero attached hydrogens (tertiary/aromatic N) is 1. The highest BCUT2D eigenvalue weighted by Gasteiger charge is 2.47. The summed E-state index contributed by atoms with van der Waals surface area (Å²) in [5.74, 6) is -0.958. The maximum atomic E-state index is 13.3. The van der Waals surface area contributed by atoms with Gasteiger partial charge >= 0.3 is 0 Å². The molecule has 0 radical (unpaired) electrons. The van der Waals surface area contributed by atoms with Gasteiger partial charge in [-0.2, -0.15) is 4.99 Å². The zero-order valence-electron chi connectivity index (χ0n) is 8.21. The Labute approximate surface area is 89.8 Å². The average Bonchev–Trinajstić information content (AvgIpc) is 2.98. The Bertz CT molecular complexity index is 462. The minimum absolute atomic E-state index is 0.103. The summed E-state index contributed by atoms with van der Waals surface area (Å²) < 4.78 is 38.7. The standard InChI is InChI=1S/C11H8F3NO/c12-8-3-1-2-7(9(8)10(13)14)11(4-5-11)15-6-16/h1-3,10H,4-5H2. The molecule has 1 aliphatic rings. The smallest absolute Gasteiger partial charge is 0.211 e. The fourth-order valence-electron chi connectivity index (χ4n) is 1.81. The zero-order valence-corrected chi connectivity index (χ0v) is 8.21. The second kappa shape index (κ2) is 3.76. The van der Waals surface area contributed by atoms with Crippen molar-refractivity contribution < 1.29 is 18.0 Å². The van der Waals surface area contributed by atoms with Crippen molar-refractivity contribution in [1.82, 2.24) is 0 Å². The zero-order chi connectivity index (χ0) is 11.8. The van der Waals surface area contributed by atoms with E-state index in [1.54, 1.807) is 0 Å². The van der Waals surface area contributed by atoms with E-state index in [9.17, 15) is 18.0 Å². The maximum absolute atomic E-state index is 13.3. The van der Waals surface area contributed by atoms with Gasteiger partial charge in [0.2, 0.25) is 6.08 Å². The summed E-state index contributed by atoms with van der Waals surface area (Å²) in [6, 6.07) is 3.71. The van der Waals surface area contributed by atoms with E-state index in [0.29, 0.717) is 12.8 Å². The van der Waals surface area contributed by atoms with Crippen LogP contribution >= 0.6 is 0 Å². The van der Waals surface area contributed by atoms with E-state index in [1.165, 1.54) is 18.2 Å². The van der Waals surface area contributed by atoms with Crippen LogP contribution in [0.1, 0.15) is 30.4 Å². The molecular formula is C11H8F3NO. The predicted molar refractivity (Wildman–Crippen MR) is 50.4 cm³/mol. The number of isocyanates is 1. The van der Waals surface area contributed by atoms with Gasteiger partial charge in [0.1, 0.15) is 5.82 Å². The Morgan fingerprint density at radius 2 is 2.06 bits per heavy atom. The first-order valence-electron chi connectivity index (χ1n) is 4.77. The van der Waals surface area contributed by atoms with Crippen LogP contribution in [0.4, 0.5) is 13.2 Å². The molecule has 0 N–H and O–H groups in total. The molecule has 0 bridgehead atoms. The van der Waals surface area contributed by atoms with Crippen molar-refractivity contribution >= 4 is 6.08 Å². The van der Waals surface area contributed by atoms with Crippen molar-refractivity contribution in [3.63, 3.8) is 0 Å². The number of alkyl halides is 2. The van der Waals surface area contributed by atoms with E-state index in [-0.39, 0.29) is 5.56 Å². The van der Waals surface area contributed by atoms with Gasteiger partial charge in [-0.15, -0.1) is 0 Å². The molecule has 2 rings (SSSR count). The van der Waals surface area contributed by atoms with Crippen LogP contribution in [0.5, 0.6) is 0 Å². The highest BCUT2D eigenvalue weighted by molar-refractivity contribution is 5.45. The second-order valence-corrected chi connectivity index (χ2v) is 3.74. The SMILES string of the molecule is O=C=NC1(c2cccc(F)c2C(F)F)CC1. The lowest BCUT2D eigenvalue weighted by atomic mass is 9.98. The maximum Gasteiger partial charge on any atom is 0.267 e. The number of carbonyl (C=O) groups excluding carboxylic acids is 1. The summed E-state index contributed by atoms with van der Waals surface area (Å²) in [6.07, 6.45) is -0.590. The summed E-state index contributed by atoms with van der Waals surface area (Å²) in [4.78, 5) is 13.7. The second-order valence-electron chi connectivity index (χ2n) is 3.74. The summed E-state index contributed by atoms with van der Waals surface area (Å²) in [5, 5.41) is 0. The molecule has 1 aromatic carbocycles. The molecule has 1 fully saturated rings. The van der Waals surface area contributed by atoms with Crippen LogP contribution in [0, 0.1) is 5.82 Å². The Hall–Kier alpha value is -1.61. The molecule has 0 atom stereocenters. The summed E-state index contributed by atoms with van der Waals surface area (Å²) >= 11 is 0. The molecule has 0 spiro atoms. The van der Waals surface area contributed by atoms with Gasteiger partial charge in [-0.05, 0) is 24.5 Å². The van der Waals surface area contributed by atoms with E-state index in [4.69, 9.17) is 0 Å². The molecule has 5 heteroatoms. The molecule has 0 amide bonds. The van der Waals surface area contributed by atoms with Gasteiger partial charge in [0.15, 0.2) is 0 Å². The summed E-state index contributed by atoms with van der Waals surface area (Å²) in [7, 11) is 0. The van der Waals surface area contributed by atoms with Gasteiger partial charge in [0, 0.05) is 0 Å². The van der Waals surface area contributed by atoms with Gasteiger partial charge in [-0.1, -0.05) is 12.1 Å². The highest BCUT2D eigenvalue weighted by Crippen LogP contribution is 2.51. The molecule has 0 aromatic heterocycles. The molecule has 0 aliphatic heterocycles. The highest BCUT2D eigenvalue weighted by atomic mass is 19.3. The van der Waals surface area contributed by atoms with E-state index in [0.717, 1.165) is 6.07 Å². The first-order chi connectivity index (χ1) is 7.60. The van der Waals surface area contributed by atoms with Gasteiger partial charge < -0.3 is 0 Å². The summed E-state index contributed by atoms with van der Waals surface area (Å²) in [6.45, 7) is 0. The van der Waals surface area contributed by atoms with Crippen molar-refractivity contribution in [2.75, 3.05) is 0 Å². The lowest BCUT2D eigenvalue weighted by Gasteiger charge is -2.14. The van der Waals surface area contributed by atoms with Crippen LogP contribution < -0.4 is 0 Å². The Morgan fingerprint density at radius 3 is 2.56 bits per heavy atom. The number of halogens is 3. The monoisotopic (exact) mass is 227 g/mol. The molecular weight excluding hydrogens is 219 g/mol. The Morgan fingerprint density at radius 1 is 1.38 bits per heavy atom. The molecule has 0 saturated heterocycles. The van der Waals surface area contributed by atoms with Crippen molar-refractivity contribution in [2.45, 2.75) is 24.8 Å². The van der Waals surface area contributed by atoms with E-state index < -0.39 is 23.3 Å². The molecule has 0 unspecified atom stereocenters. The van der Waals surface area contributed by atoms with Crippen molar-refractivity contribution in [3.8, 4) is 0 Å². The van der Waals surface area contributed by atoms with Crippen molar-refractivity contribution in [3.05, 3.63) is 35.1 Å². The van der Waals surface area contributed by atoms with Crippen LogP contribution in [-0.2, 0) is 10.3 Å². The topological polar surface area (TPSA) is 29.4 Å². The van der Waals surface area contributed by atoms with Crippen LogP contribution in [0.25, 0.3) is 0 Å². The Balaban J connectivity index is 2.57. The molecule has 0 heterocycles. The quantitative estimate of drug-likeness (QED) is 0.576. The molecule has 1 aliphatic carbocycles. The molecule has 1 saturated carbocycles. The van der Waals surface area contributed by atoms with Crippen LogP contribution in [-0.4, -0.2) is 6.08 Å². The largest absolute Gasteiger partial charge is 0.267 e. The van der Waals surface area contributed by atoms with Gasteiger partial charge in [0.25, 0.3) is 6.43 Å². The van der Waals surface area contributed by atoms with Crippen LogP contribution in [0.3, 0.4) is 0 Å². The summed E-state index contributed by atoms with van der Waals surface area (Å²) in [5.41, 5.74) is -1.51.